The smallest absolute Gasteiger partial charge is 0.153 e. The Morgan fingerprint density at radius 1 is 1.15 bits per heavy atom. The third kappa shape index (κ3) is 1.51. The number of benzene rings is 1. The van der Waals surface area contributed by atoms with Crippen molar-refractivity contribution >= 4 is 18.4 Å². The van der Waals surface area contributed by atoms with Crippen molar-refractivity contribution in [2.75, 3.05) is 0 Å². The van der Waals surface area contributed by atoms with Crippen LogP contribution in [0.15, 0.2) is 25.3 Å². The van der Waals surface area contributed by atoms with Gasteiger partial charge in [-0.1, -0.05) is 31.4 Å². The summed E-state index contributed by atoms with van der Waals surface area (Å²) < 4.78 is 0. The lowest BCUT2D eigenvalue weighted by Gasteiger charge is -2.05. The molecule has 1 N–H and O–H groups in total. The molecule has 0 saturated heterocycles. The zero-order chi connectivity index (χ0) is 9.84. The van der Waals surface area contributed by atoms with Crippen LogP contribution in [0, 0.1) is 0 Å². The van der Waals surface area contributed by atoms with Crippen molar-refractivity contribution in [3.8, 4) is 5.75 Å². The highest BCUT2D eigenvalue weighted by atomic mass is 16.3. The van der Waals surface area contributed by atoms with E-state index < -0.39 is 0 Å². The Morgan fingerprint density at radius 2 is 1.77 bits per heavy atom. The lowest BCUT2D eigenvalue weighted by atomic mass is 10.0. The summed E-state index contributed by atoms with van der Waals surface area (Å²) in [4.78, 5) is 10.5. The lowest BCUT2D eigenvalue weighted by molar-refractivity contribution is 0.112. The highest BCUT2D eigenvalue weighted by Crippen LogP contribution is 2.26. The number of hydrogen-bond acceptors (Lipinski definition) is 2. The second kappa shape index (κ2) is 3.72. The van der Waals surface area contributed by atoms with E-state index in [0.29, 0.717) is 11.8 Å². The van der Waals surface area contributed by atoms with E-state index in [1.54, 1.807) is 18.2 Å². The molecule has 66 valence electrons. The average Bonchev–Trinajstić information content (AvgIpc) is 2.17. The molecule has 13 heavy (non-hydrogen) atoms. The molecule has 0 aliphatic heterocycles. The summed E-state index contributed by atoms with van der Waals surface area (Å²) in [6.07, 6.45) is 3.71. The number of phenolic OH excluding ortho intramolecular Hbond substituents is 1. The minimum atomic E-state index is -0.0394. The van der Waals surface area contributed by atoms with E-state index in [1.165, 1.54) is 6.08 Å². The van der Waals surface area contributed by atoms with Crippen LogP contribution in [0.5, 0.6) is 5.75 Å². The molecular weight excluding hydrogens is 164 g/mol. The topological polar surface area (TPSA) is 37.3 Å². The van der Waals surface area contributed by atoms with E-state index in [1.807, 2.05) is 0 Å². The van der Waals surface area contributed by atoms with Crippen molar-refractivity contribution in [3.63, 3.8) is 0 Å². The molecule has 0 radical (unpaired) electrons. The quantitative estimate of drug-likeness (QED) is 0.715. The number of aromatic hydroxyl groups is 1. The first-order valence-electron chi connectivity index (χ1n) is 3.80. The molecule has 0 saturated carbocycles. The van der Waals surface area contributed by atoms with Crippen LogP contribution in [0.1, 0.15) is 21.5 Å². The van der Waals surface area contributed by atoms with Crippen LogP contribution in [0.25, 0.3) is 12.2 Å². The van der Waals surface area contributed by atoms with Gasteiger partial charge in [0.15, 0.2) is 6.29 Å². The van der Waals surface area contributed by atoms with Gasteiger partial charge >= 0.3 is 0 Å². The molecular formula is C11H10O2. The minimum absolute atomic E-state index is 0.0394. The third-order valence-corrected chi connectivity index (χ3v) is 1.83. The van der Waals surface area contributed by atoms with Crippen LogP contribution in [0.3, 0.4) is 0 Å². The van der Waals surface area contributed by atoms with Crippen molar-refractivity contribution in [1.82, 2.24) is 0 Å². The molecule has 0 aliphatic carbocycles. The Bertz CT molecular complexity index is 365. The van der Waals surface area contributed by atoms with Gasteiger partial charge in [-0.15, -0.1) is 0 Å². The molecule has 0 heterocycles. The fourth-order valence-corrected chi connectivity index (χ4v) is 1.13. The number of carbonyl (C=O) groups excluding carboxylic acids is 1. The third-order valence-electron chi connectivity index (χ3n) is 1.83. The largest absolute Gasteiger partial charge is 0.507 e. The summed E-state index contributed by atoms with van der Waals surface area (Å²) >= 11 is 0. The van der Waals surface area contributed by atoms with Crippen molar-refractivity contribution in [2.45, 2.75) is 0 Å². The van der Waals surface area contributed by atoms with Gasteiger partial charge in [-0.05, 0) is 11.6 Å². The number of phenols is 1. The van der Waals surface area contributed by atoms with Gasteiger partial charge in [-0.3, -0.25) is 4.79 Å². The monoisotopic (exact) mass is 174 g/mol. The molecule has 0 bridgehead atoms. The van der Waals surface area contributed by atoms with E-state index in [9.17, 15) is 9.90 Å². The molecule has 0 aromatic heterocycles. The molecule has 0 fully saturated rings. The number of hydrogen-bond donors (Lipinski definition) is 1. The summed E-state index contributed by atoms with van der Waals surface area (Å²) in [6.45, 7) is 7.14. The van der Waals surface area contributed by atoms with Gasteiger partial charge in [0.25, 0.3) is 0 Å². The molecule has 0 atom stereocenters. The maximum Gasteiger partial charge on any atom is 0.153 e. The van der Waals surface area contributed by atoms with E-state index in [2.05, 4.69) is 13.2 Å². The van der Waals surface area contributed by atoms with Crippen molar-refractivity contribution in [3.05, 3.63) is 42.0 Å². The van der Waals surface area contributed by atoms with Crippen molar-refractivity contribution < 1.29 is 9.90 Å². The van der Waals surface area contributed by atoms with Gasteiger partial charge in [0.2, 0.25) is 0 Å². The number of aldehydes is 1. The predicted octanol–water partition coefficient (Wildman–Crippen LogP) is 2.49. The van der Waals surface area contributed by atoms with Gasteiger partial charge in [-0.25, -0.2) is 0 Å². The van der Waals surface area contributed by atoms with E-state index >= 15 is 0 Å². The average molecular weight is 174 g/mol. The van der Waals surface area contributed by atoms with E-state index in [0.717, 1.165) is 5.56 Å². The standard InChI is InChI=1S/C11H10O2/c1-3-8-5-6-9(7-12)11(13)10(8)4-2/h3-7,13H,1-2H2. The zero-order valence-corrected chi connectivity index (χ0v) is 7.16. The highest BCUT2D eigenvalue weighted by molar-refractivity contribution is 5.84. The van der Waals surface area contributed by atoms with Crippen LogP contribution in [0.2, 0.25) is 0 Å². The Balaban J connectivity index is 3.48. The minimum Gasteiger partial charge on any atom is -0.507 e. The summed E-state index contributed by atoms with van der Waals surface area (Å²) in [5.74, 6) is -0.0394. The molecule has 0 spiro atoms. The van der Waals surface area contributed by atoms with Crippen LogP contribution in [0.4, 0.5) is 0 Å². The van der Waals surface area contributed by atoms with Gasteiger partial charge < -0.3 is 5.11 Å². The van der Waals surface area contributed by atoms with Crippen LogP contribution in [-0.2, 0) is 0 Å². The fraction of sp³-hybridized carbons (Fsp3) is 0. The number of carbonyl (C=O) groups is 1. The maximum atomic E-state index is 10.5. The molecule has 1 aromatic rings. The first kappa shape index (κ1) is 9.26. The lowest BCUT2D eigenvalue weighted by Crippen LogP contribution is -1.87. The highest BCUT2D eigenvalue weighted by Gasteiger charge is 2.06. The normalized spacial score (nSPS) is 9.23. The summed E-state index contributed by atoms with van der Waals surface area (Å²) in [5.41, 5.74) is 1.57. The first-order valence-corrected chi connectivity index (χ1v) is 3.80. The van der Waals surface area contributed by atoms with Crippen LogP contribution in [-0.4, -0.2) is 11.4 Å². The number of rotatable bonds is 3. The van der Waals surface area contributed by atoms with E-state index in [4.69, 9.17) is 0 Å². The zero-order valence-electron chi connectivity index (χ0n) is 7.16. The molecule has 1 rings (SSSR count). The molecule has 2 heteroatoms. The van der Waals surface area contributed by atoms with Gasteiger partial charge in [0.1, 0.15) is 5.75 Å². The Labute approximate surface area is 76.8 Å². The predicted molar refractivity (Wildman–Crippen MR) is 53.7 cm³/mol. The summed E-state index contributed by atoms with van der Waals surface area (Å²) in [7, 11) is 0. The first-order chi connectivity index (χ1) is 6.24. The van der Waals surface area contributed by atoms with Crippen LogP contribution >= 0.6 is 0 Å². The summed E-state index contributed by atoms with van der Waals surface area (Å²) in [6, 6.07) is 3.26. The Hall–Kier alpha value is -1.83. The second-order valence-electron chi connectivity index (χ2n) is 2.53. The Kier molecular flexibility index (Phi) is 2.65. The molecule has 0 aliphatic rings. The van der Waals surface area contributed by atoms with Crippen molar-refractivity contribution in [2.24, 2.45) is 0 Å². The Morgan fingerprint density at radius 3 is 2.23 bits per heavy atom. The molecule has 0 amide bonds. The molecule has 2 nitrogen and oxygen atoms in total. The van der Waals surface area contributed by atoms with Gasteiger partial charge in [0.05, 0.1) is 5.56 Å². The maximum absolute atomic E-state index is 10.5. The molecule has 0 unspecified atom stereocenters. The fourth-order valence-electron chi connectivity index (χ4n) is 1.13. The van der Waals surface area contributed by atoms with E-state index in [-0.39, 0.29) is 11.3 Å². The van der Waals surface area contributed by atoms with Crippen molar-refractivity contribution in [1.29, 1.82) is 0 Å². The van der Waals surface area contributed by atoms with Gasteiger partial charge in [0, 0.05) is 5.56 Å². The second-order valence-corrected chi connectivity index (χ2v) is 2.53. The summed E-state index contributed by atoms with van der Waals surface area (Å²) in [5, 5.41) is 9.55. The molecule has 1 aromatic carbocycles. The van der Waals surface area contributed by atoms with Gasteiger partial charge in [-0.2, -0.15) is 0 Å². The van der Waals surface area contributed by atoms with Crippen LogP contribution < -0.4 is 0 Å². The SMILES string of the molecule is C=Cc1ccc(C=O)c(O)c1C=C.